The van der Waals surface area contributed by atoms with Crippen LogP contribution in [0.15, 0.2) is 36.4 Å². The van der Waals surface area contributed by atoms with Gasteiger partial charge in [0.05, 0.1) is 12.0 Å². The Kier molecular flexibility index (Phi) is 10.3. The van der Waals surface area contributed by atoms with E-state index in [1.165, 1.54) is 0 Å². The summed E-state index contributed by atoms with van der Waals surface area (Å²) in [5, 5.41) is 34.8. The Labute approximate surface area is 224 Å². The molecule has 0 aliphatic carbocycles. The van der Waals surface area contributed by atoms with Crippen LogP contribution in [-0.2, 0) is 38.4 Å². The number of hydrogen-bond donors (Lipinski definition) is 6. The number of carboxylic acids is 3. The number of halogens is 3. The van der Waals surface area contributed by atoms with Gasteiger partial charge in [0.15, 0.2) is 0 Å². The van der Waals surface area contributed by atoms with Crippen molar-refractivity contribution >= 4 is 35.6 Å². The van der Waals surface area contributed by atoms with Gasteiger partial charge < -0.3 is 31.1 Å². The molecule has 0 aromatic heterocycles. The minimum absolute atomic E-state index is 0.0834. The van der Waals surface area contributed by atoms with Gasteiger partial charge in [-0.1, -0.05) is 12.1 Å². The summed E-state index contributed by atoms with van der Waals surface area (Å²) >= 11 is 0. The van der Waals surface area contributed by atoms with Gasteiger partial charge in [0.25, 0.3) is 0 Å². The van der Waals surface area contributed by atoms with Gasteiger partial charge in [-0.15, -0.1) is 0 Å². The van der Waals surface area contributed by atoms with E-state index in [0.717, 1.165) is 16.7 Å². The second-order valence-corrected chi connectivity index (χ2v) is 8.43. The molecule has 40 heavy (non-hydrogen) atoms. The lowest BCUT2D eigenvalue weighted by Crippen LogP contribution is -2.42. The molecule has 0 fully saturated rings. The molecule has 0 bridgehead atoms. The normalized spacial score (nSPS) is 13.0. The molecule has 7 N–H and O–H groups in total. The standard InChI is InChI=1S/C23H23N3O7.C2HF3O2/c24-21(25)14-5-8-18-13(10-14)4-7-15-12(2-1-3-16(15)23(32)33-18)6-9-19(27)26-17(22(30)31)11-20(28)29;3-2(4,5)1(6)7/h1-3,5,8,10,17H,4,6-7,9,11H2,(H3,24,25)(H,26,27)(H,28,29)(H,30,31);(H,6,7)/t17-;/m0./s1. The van der Waals surface area contributed by atoms with Crippen LogP contribution in [-0.4, -0.2) is 63.2 Å². The Morgan fingerprint density at radius 3 is 2.27 bits per heavy atom. The molecule has 3 rings (SSSR count). The van der Waals surface area contributed by atoms with Gasteiger partial charge in [-0.25, -0.2) is 14.4 Å². The number of carbonyl (C=O) groups is 5. The molecule has 1 atom stereocenters. The monoisotopic (exact) mass is 567 g/mol. The van der Waals surface area contributed by atoms with Crippen LogP contribution >= 0.6 is 0 Å². The zero-order chi connectivity index (χ0) is 30.2. The second kappa shape index (κ2) is 13.2. The number of benzene rings is 2. The Bertz CT molecular complexity index is 1340. The molecule has 0 unspecified atom stereocenters. The number of nitrogens with two attached hydrogens (primary N) is 1. The first kappa shape index (κ1) is 31.3. The largest absolute Gasteiger partial charge is 0.490 e. The smallest absolute Gasteiger partial charge is 0.481 e. The van der Waals surface area contributed by atoms with Crippen molar-refractivity contribution in [1.82, 2.24) is 5.32 Å². The van der Waals surface area contributed by atoms with Crippen LogP contribution in [0.4, 0.5) is 13.2 Å². The maximum Gasteiger partial charge on any atom is 0.490 e. The first-order chi connectivity index (χ1) is 18.6. The SMILES string of the molecule is N=C(N)c1ccc2c(c1)CCc1c(CCC(=O)N[C@@H](CC(=O)O)C(=O)O)cccc1C(=O)O2.O=C(O)C(F)(F)F. The molecule has 0 saturated carbocycles. The van der Waals surface area contributed by atoms with Crippen LogP contribution in [0.2, 0.25) is 0 Å². The average molecular weight is 567 g/mol. The zero-order valence-electron chi connectivity index (χ0n) is 20.6. The van der Waals surface area contributed by atoms with Crippen LogP contribution in [0.25, 0.3) is 0 Å². The van der Waals surface area contributed by atoms with Gasteiger partial charge in [0, 0.05) is 12.0 Å². The molecule has 0 radical (unpaired) electrons. The summed E-state index contributed by atoms with van der Waals surface area (Å²) in [5.74, 6) is -6.36. The number of nitrogens with one attached hydrogen (secondary N) is 2. The molecule has 2 aromatic rings. The molecule has 1 heterocycles. The van der Waals surface area contributed by atoms with Crippen molar-refractivity contribution in [3.63, 3.8) is 0 Å². The number of aryl methyl sites for hydroxylation is 2. The molecule has 15 heteroatoms. The molecule has 0 saturated heterocycles. The number of alkyl halides is 3. The molecular formula is C25H24F3N3O9. The fourth-order valence-corrected chi connectivity index (χ4v) is 3.70. The van der Waals surface area contributed by atoms with Gasteiger partial charge in [-0.2, -0.15) is 13.2 Å². The predicted molar refractivity (Wildman–Crippen MR) is 130 cm³/mol. The van der Waals surface area contributed by atoms with Gasteiger partial charge in [-0.3, -0.25) is 15.0 Å². The zero-order valence-corrected chi connectivity index (χ0v) is 20.6. The number of aliphatic carboxylic acids is 3. The summed E-state index contributed by atoms with van der Waals surface area (Å²) in [7, 11) is 0. The Morgan fingerprint density at radius 2 is 1.73 bits per heavy atom. The third kappa shape index (κ3) is 8.82. The minimum atomic E-state index is -5.08. The van der Waals surface area contributed by atoms with Crippen molar-refractivity contribution < 1.29 is 57.2 Å². The Morgan fingerprint density at radius 1 is 1.07 bits per heavy atom. The van der Waals surface area contributed by atoms with Crippen LogP contribution < -0.4 is 15.8 Å². The van der Waals surface area contributed by atoms with E-state index in [0.29, 0.717) is 29.7 Å². The summed E-state index contributed by atoms with van der Waals surface area (Å²) < 4.78 is 37.3. The molecule has 2 aromatic carbocycles. The average Bonchev–Trinajstić information content (AvgIpc) is 2.84. The highest BCUT2D eigenvalue weighted by Gasteiger charge is 2.38. The van der Waals surface area contributed by atoms with Crippen molar-refractivity contribution in [3.8, 4) is 5.75 Å². The number of fused-ring (bicyclic) bond motifs is 2. The molecule has 12 nitrogen and oxygen atoms in total. The molecular weight excluding hydrogens is 543 g/mol. The first-order valence-corrected chi connectivity index (χ1v) is 11.4. The maximum absolute atomic E-state index is 12.8. The lowest BCUT2D eigenvalue weighted by molar-refractivity contribution is -0.192. The van der Waals surface area contributed by atoms with E-state index < -0.39 is 48.4 Å². The van der Waals surface area contributed by atoms with Gasteiger partial charge in [-0.05, 0) is 60.2 Å². The van der Waals surface area contributed by atoms with E-state index in [9.17, 15) is 32.3 Å². The van der Waals surface area contributed by atoms with Gasteiger partial charge in [0.1, 0.15) is 17.6 Å². The number of carbonyl (C=O) groups excluding carboxylic acids is 2. The molecule has 0 spiro atoms. The van der Waals surface area contributed by atoms with E-state index in [2.05, 4.69) is 5.32 Å². The summed E-state index contributed by atoms with van der Waals surface area (Å²) in [4.78, 5) is 55.9. The van der Waals surface area contributed by atoms with E-state index in [-0.39, 0.29) is 18.7 Å². The number of esters is 1. The molecule has 214 valence electrons. The summed E-state index contributed by atoms with van der Waals surface area (Å²) in [6.45, 7) is 0. The van der Waals surface area contributed by atoms with Crippen molar-refractivity contribution in [1.29, 1.82) is 5.41 Å². The molecule has 1 aliphatic rings. The highest BCUT2D eigenvalue weighted by Crippen LogP contribution is 2.29. The summed E-state index contributed by atoms with van der Waals surface area (Å²) in [6.07, 6.45) is -4.68. The fraction of sp³-hybridized carbons (Fsp3) is 0.280. The molecule has 1 aliphatic heterocycles. The topological polar surface area (TPSA) is 217 Å². The number of rotatable bonds is 8. The quantitative estimate of drug-likeness (QED) is 0.118. The van der Waals surface area contributed by atoms with E-state index in [1.54, 1.807) is 36.4 Å². The third-order valence-corrected chi connectivity index (χ3v) is 5.59. The number of nitrogen functional groups attached to an aromatic ring is 1. The van der Waals surface area contributed by atoms with Crippen molar-refractivity contribution in [2.45, 2.75) is 44.3 Å². The van der Waals surface area contributed by atoms with Crippen molar-refractivity contribution in [2.24, 2.45) is 5.73 Å². The van der Waals surface area contributed by atoms with E-state index >= 15 is 0 Å². The lowest BCUT2D eigenvalue weighted by Gasteiger charge is -2.20. The number of amides is 1. The predicted octanol–water partition coefficient (Wildman–Crippen LogP) is 1.90. The Balaban J connectivity index is 0.000000708. The van der Waals surface area contributed by atoms with Crippen molar-refractivity contribution in [2.75, 3.05) is 0 Å². The lowest BCUT2D eigenvalue weighted by atomic mass is 9.91. The highest BCUT2D eigenvalue weighted by molar-refractivity contribution is 5.96. The number of hydrogen-bond acceptors (Lipinski definition) is 7. The number of ether oxygens (including phenoxy) is 1. The highest BCUT2D eigenvalue weighted by atomic mass is 19.4. The van der Waals surface area contributed by atoms with Gasteiger partial charge >= 0.3 is 30.1 Å². The Hall–Kier alpha value is -4.95. The van der Waals surface area contributed by atoms with Crippen molar-refractivity contribution in [3.05, 3.63) is 64.2 Å². The first-order valence-electron chi connectivity index (χ1n) is 11.4. The maximum atomic E-state index is 12.8. The number of amidine groups is 1. The molecule has 1 amide bonds. The van der Waals surface area contributed by atoms with Crippen LogP contribution in [0.5, 0.6) is 5.75 Å². The van der Waals surface area contributed by atoms with Crippen LogP contribution in [0, 0.1) is 5.41 Å². The number of carboxylic acid groups (broad SMARTS) is 3. The van der Waals surface area contributed by atoms with E-state index in [4.69, 9.17) is 36.0 Å². The van der Waals surface area contributed by atoms with E-state index in [1.807, 2.05) is 0 Å². The van der Waals surface area contributed by atoms with Gasteiger partial charge in [0.2, 0.25) is 5.91 Å². The van der Waals surface area contributed by atoms with Crippen LogP contribution in [0.1, 0.15) is 45.5 Å². The summed E-state index contributed by atoms with van der Waals surface area (Å²) in [6, 6.07) is 8.51. The second-order valence-electron chi connectivity index (χ2n) is 8.43. The van der Waals surface area contributed by atoms with Crippen LogP contribution in [0.3, 0.4) is 0 Å². The fourth-order valence-electron chi connectivity index (χ4n) is 3.70. The summed E-state index contributed by atoms with van der Waals surface area (Å²) in [5.41, 5.74) is 8.64. The third-order valence-electron chi connectivity index (χ3n) is 5.59. The minimum Gasteiger partial charge on any atom is -0.481 e.